The maximum absolute atomic E-state index is 12.3. The largest absolute Gasteiger partial charge is 0.343 e. The van der Waals surface area contributed by atoms with Crippen molar-refractivity contribution in [3.05, 3.63) is 0 Å². The molecule has 110 valence electrons. The number of likely N-dealkylation sites (tertiary alicyclic amines) is 1. The molecule has 1 aliphatic heterocycles. The van der Waals surface area contributed by atoms with Crippen molar-refractivity contribution in [1.82, 2.24) is 10.2 Å². The molecule has 19 heavy (non-hydrogen) atoms. The number of fused-ring (bicyclic) bond motifs is 2. The van der Waals surface area contributed by atoms with Crippen molar-refractivity contribution in [2.75, 3.05) is 20.1 Å². The number of halogens is 1. The highest BCUT2D eigenvalue weighted by atomic mass is 35.5. The van der Waals surface area contributed by atoms with Gasteiger partial charge in [0.2, 0.25) is 5.91 Å². The van der Waals surface area contributed by atoms with Crippen LogP contribution in [0.4, 0.5) is 0 Å². The number of nitrogens with one attached hydrogen (secondary N) is 1. The fourth-order valence-electron chi connectivity index (χ4n) is 4.40. The summed E-state index contributed by atoms with van der Waals surface area (Å²) in [6.07, 6.45) is 8.67. The smallest absolute Gasteiger partial charge is 0.222 e. The van der Waals surface area contributed by atoms with E-state index in [1.54, 1.807) is 0 Å². The molecule has 3 nitrogen and oxygen atoms in total. The molecule has 1 N–H and O–H groups in total. The maximum Gasteiger partial charge on any atom is 0.222 e. The minimum absolute atomic E-state index is 0. The summed E-state index contributed by atoms with van der Waals surface area (Å²) in [5.41, 5.74) is 0. The number of hydrogen-bond acceptors (Lipinski definition) is 2. The van der Waals surface area contributed by atoms with E-state index in [2.05, 4.69) is 10.2 Å². The minimum atomic E-state index is 0. The first-order valence-electron chi connectivity index (χ1n) is 7.71. The Balaban J connectivity index is 0.00000133. The number of rotatable bonds is 3. The van der Waals surface area contributed by atoms with Crippen LogP contribution in [-0.2, 0) is 4.79 Å². The van der Waals surface area contributed by atoms with Gasteiger partial charge in [-0.1, -0.05) is 6.42 Å². The molecule has 2 aliphatic carbocycles. The van der Waals surface area contributed by atoms with E-state index in [-0.39, 0.29) is 12.4 Å². The zero-order valence-corrected chi connectivity index (χ0v) is 12.8. The minimum Gasteiger partial charge on any atom is -0.343 e. The Morgan fingerprint density at radius 2 is 1.89 bits per heavy atom. The molecule has 3 rings (SSSR count). The number of carbonyl (C=O) groups is 1. The predicted octanol–water partition coefficient (Wildman–Crippen LogP) is 2.44. The highest BCUT2D eigenvalue weighted by molar-refractivity contribution is 5.85. The Labute approximate surface area is 122 Å². The van der Waals surface area contributed by atoms with Crippen LogP contribution in [0.25, 0.3) is 0 Å². The van der Waals surface area contributed by atoms with Crippen molar-refractivity contribution in [2.45, 2.75) is 51.0 Å². The molecule has 0 spiro atoms. The summed E-state index contributed by atoms with van der Waals surface area (Å²) in [7, 11) is 2.03. The molecule has 3 aliphatic rings. The standard InChI is InChI=1S/C15H26N2O.ClH/c1-16-14-4-6-17(7-5-14)15(18)10-13-9-11-2-3-12(13)8-11;/h11-14,16H,2-10H2,1H3;1H. The second-order valence-corrected chi connectivity index (χ2v) is 6.58. The van der Waals surface area contributed by atoms with Crippen molar-refractivity contribution >= 4 is 18.3 Å². The van der Waals surface area contributed by atoms with Crippen molar-refractivity contribution < 1.29 is 4.79 Å². The molecule has 0 radical (unpaired) electrons. The third-order valence-electron chi connectivity index (χ3n) is 5.58. The van der Waals surface area contributed by atoms with Crippen molar-refractivity contribution in [1.29, 1.82) is 0 Å². The molecule has 4 heteroatoms. The molecule has 2 bridgehead atoms. The average molecular weight is 287 g/mol. The van der Waals surface area contributed by atoms with E-state index < -0.39 is 0 Å². The zero-order chi connectivity index (χ0) is 12.5. The Morgan fingerprint density at radius 3 is 2.42 bits per heavy atom. The molecule has 0 aromatic rings. The van der Waals surface area contributed by atoms with E-state index in [0.717, 1.165) is 50.1 Å². The molecular weight excluding hydrogens is 260 g/mol. The lowest BCUT2D eigenvalue weighted by Crippen LogP contribution is -2.44. The summed E-state index contributed by atoms with van der Waals surface area (Å²) in [5, 5.41) is 3.32. The zero-order valence-electron chi connectivity index (χ0n) is 11.9. The van der Waals surface area contributed by atoms with Gasteiger partial charge in [0.15, 0.2) is 0 Å². The number of hydrogen-bond donors (Lipinski definition) is 1. The summed E-state index contributed by atoms with van der Waals surface area (Å²) in [5.74, 6) is 3.00. The highest BCUT2D eigenvalue weighted by Crippen LogP contribution is 2.49. The molecule has 3 atom stereocenters. The molecule has 1 saturated heterocycles. The molecular formula is C15H27ClN2O. The number of amides is 1. The Bertz CT molecular complexity index is 315. The molecule has 1 amide bonds. The van der Waals surface area contributed by atoms with Crippen LogP contribution in [0.5, 0.6) is 0 Å². The summed E-state index contributed by atoms with van der Waals surface area (Å²) in [6, 6.07) is 0.622. The quantitative estimate of drug-likeness (QED) is 0.864. The fraction of sp³-hybridized carbons (Fsp3) is 0.933. The Hall–Kier alpha value is -0.280. The van der Waals surface area contributed by atoms with E-state index in [9.17, 15) is 4.79 Å². The molecule has 0 aromatic carbocycles. The number of piperidine rings is 1. The van der Waals surface area contributed by atoms with Gasteiger partial charge in [-0.3, -0.25) is 4.79 Å². The van der Waals surface area contributed by atoms with Crippen LogP contribution in [0.15, 0.2) is 0 Å². The SMILES string of the molecule is CNC1CCN(C(=O)CC2CC3CCC2C3)CC1.Cl. The van der Waals surface area contributed by atoms with Gasteiger partial charge in [0.05, 0.1) is 0 Å². The Kier molecular flexibility index (Phi) is 5.13. The summed E-state index contributed by atoms with van der Waals surface area (Å²) in [4.78, 5) is 14.4. The molecule has 1 heterocycles. The van der Waals surface area contributed by atoms with Gasteiger partial charge < -0.3 is 10.2 Å². The van der Waals surface area contributed by atoms with Gasteiger partial charge >= 0.3 is 0 Å². The van der Waals surface area contributed by atoms with Gasteiger partial charge in [-0.2, -0.15) is 0 Å². The van der Waals surface area contributed by atoms with Crippen LogP contribution in [0.1, 0.15) is 44.9 Å². The van der Waals surface area contributed by atoms with E-state index >= 15 is 0 Å². The van der Waals surface area contributed by atoms with Crippen molar-refractivity contribution in [3.8, 4) is 0 Å². The lowest BCUT2D eigenvalue weighted by Gasteiger charge is -2.33. The van der Waals surface area contributed by atoms with Crippen molar-refractivity contribution in [3.63, 3.8) is 0 Å². The molecule has 3 fully saturated rings. The first-order chi connectivity index (χ1) is 8.76. The second kappa shape index (κ2) is 6.45. The normalized spacial score (nSPS) is 34.4. The summed E-state index contributed by atoms with van der Waals surface area (Å²) < 4.78 is 0. The molecule has 2 saturated carbocycles. The highest BCUT2D eigenvalue weighted by Gasteiger charge is 2.40. The lowest BCUT2D eigenvalue weighted by molar-refractivity contribution is -0.133. The number of nitrogens with zero attached hydrogens (tertiary/aromatic N) is 1. The van der Waals surface area contributed by atoms with Crippen LogP contribution < -0.4 is 5.32 Å². The first kappa shape index (κ1) is 15.1. The monoisotopic (exact) mass is 286 g/mol. The van der Waals surface area contributed by atoms with Crippen LogP contribution in [0, 0.1) is 17.8 Å². The maximum atomic E-state index is 12.3. The summed E-state index contributed by atoms with van der Waals surface area (Å²) >= 11 is 0. The van der Waals surface area contributed by atoms with Gasteiger partial charge in [0, 0.05) is 25.6 Å². The number of carbonyl (C=O) groups excluding carboxylic acids is 1. The van der Waals surface area contributed by atoms with Gasteiger partial charge in [-0.25, -0.2) is 0 Å². The van der Waals surface area contributed by atoms with Gasteiger partial charge in [0.1, 0.15) is 0 Å². The van der Waals surface area contributed by atoms with Gasteiger partial charge in [-0.15, -0.1) is 12.4 Å². The van der Waals surface area contributed by atoms with E-state index in [4.69, 9.17) is 0 Å². The van der Waals surface area contributed by atoms with E-state index in [0.29, 0.717) is 11.9 Å². The van der Waals surface area contributed by atoms with Crippen LogP contribution in [-0.4, -0.2) is 37.0 Å². The van der Waals surface area contributed by atoms with Crippen molar-refractivity contribution in [2.24, 2.45) is 17.8 Å². The predicted molar refractivity (Wildman–Crippen MR) is 79.5 cm³/mol. The molecule has 3 unspecified atom stereocenters. The summed E-state index contributed by atoms with van der Waals surface area (Å²) in [6.45, 7) is 1.93. The van der Waals surface area contributed by atoms with E-state index in [1.807, 2.05) is 7.05 Å². The fourth-order valence-corrected chi connectivity index (χ4v) is 4.40. The first-order valence-corrected chi connectivity index (χ1v) is 7.71. The van der Waals surface area contributed by atoms with E-state index in [1.165, 1.54) is 25.7 Å². The topological polar surface area (TPSA) is 32.3 Å². The van der Waals surface area contributed by atoms with Crippen LogP contribution >= 0.6 is 12.4 Å². The lowest BCUT2D eigenvalue weighted by atomic mass is 9.86. The third-order valence-corrected chi connectivity index (χ3v) is 5.58. The van der Waals surface area contributed by atoms with Crippen LogP contribution in [0.3, 0.4) is 0 Å². The van der Waals surface area contributed by atoms with Gasteiger partial charge in [0.25, 0.3) is 0 Å². The third kappa shape index (κ3) is 3.25. The molecule has 0 aromatic heterocycles. The second-order valence-electron chi connectivity index (χ2n) is 6.58. The van der Waals surface area contributed by atoms with Gasteiger partial charge in [-0.05, 0) is 56.9 Å². The Morgan fingerprint density at radius 1 is 1.16 bits per heavy atom. The van der Waals surface area contributed by atoms with Crippen LogP contribution in [0.2, 0.25) is 0 Å². The average Bonchev–Trinajstić information content (AvgIpc) is 3.01.